The Labute approximate surface area is 118 Å². The Morgan fingerprint density at radius 3 is 2.85 bits per heavy atom. The molecule has 0 radical (unpaired) electrons. The van der Waals surface area contributed by atoms with Crippen LogP contribution in [0.1, 0.15) is 18.9 Å². The van der Waals surface area contributed by atoms with Gasteiger partial charge in [0.15, 0.2) is 0 Å². The van der Waals surface area contributed by atoms with Gasteiger partial charge in [0, 0.05) is 18.2 Å². The molecule has 5 heteroatoms. The number of anilines is 1. The van der Waals surface area contributed by atoms with Gasteiger partial charge in [-0.05, 0) is 24.6 Å². The highest BCUT2D eigenvalue weighted by atomic mass is 16.5. The number of ether oxygens (including phenoxy) is 1. The fourth-order valence-electron chi connectivity index (χ4n) is 1.83. The number of hydrogen-bond donors (Lipinski definition) is 1. The van der Waals surface area contributed by atoms with Gasteiger partial charge in [-0.1, -0.05) is 6.92 Å². The first-order valence-corrected chi connectivity index (χ1v) is 6.43. The molecule has 0 aliphatic rings. The quantitative estimate of drug-likeness (QED) is 0.902. The molecule has 20 heavy (non-hydrogen) atoms. The third-order valence-electron chi connectivity index (χ3n) is 2.83. The number of benzene rings is 1. The molecule has 0 unspecified atom stereocenters. The number of rotatable bonds is 5. The summed E-state index contributed by atoms with van der Waals surface area (Å²) in [4.78, 5) is 8.43. The minimum Gasteiger partial charge on any atom is -0.496 e. The zero-order valence-electron chi connectivity index (χ0n) is 11.6. The Bertz CT molecular complexity index is 634. The van der Waals surface area contributed by atoms with E-state index in [2.05, 4.69) is 28.3 Å². The van der Waals surface area contributed by atoms with E-state index in [0.29, 0.717) is 11.3 Å². The van der Waals surface area contributed by atoms with Gasteiger partial charge in [-0.3, -0.25) is 0 Å². The number of aromatic nitrogens is 2. The maximum absolute atomic E-state index is 9.01. The normalized spacial score (nSPS) is 9.85. The summed E-state index contributed by atoms with van der Waals surface area (Å²) in [6.07, 6.45) is 2.53. The minimum atomic E-state index is 0.572. The highest BCUT2D eigenvalue weighted by Crippen LogP contribution is 2.30. The standard InChI is InChI=1S/C15H16N4O/c1-3-6-17-15-8-13(18-10-19-15)12-7-11(9-16)4-5-14(12)20-2/h4-5,7-8,10H,3,6H2,1-2H3,(H,17,18,19). The van der Waals surface area contributed by atoms with Crippen LogP contribution in [-0.2, 0) is 0 Å². The Kier molecular flexibility index (Phi) is 4.51. The maximum atomic E-state index is 9.01. The molecule has 2 aromatic rings. The molecule has 2 rings (SSSR count). The molecule has 0 bridgehead atoms. The van der Waals surface area contributed by atoms with Crippen LogP contribution in [0.25, 0.3) is 11.3 Å². The SMILES string of the molecule is CCCNc1cc(-c2cc(C#N)ccc2OC)ncn1. The van der Waals surface area contributed by atoms with Gasteiger partial charge < -0.3 is 10.1 Å². The molecule has 102 valence electrons. The van der Waals surface area contributed by atoms with Crippen LogP contribution in [-0.4, -0.2) is 23.6 Å². The summed E-state index contributed by atoms with van der Waals surface area (Å²) in [6.45, 7) is 2.94. The van der Waals surface area contributed by atoms with Crippen molar-refractivity contribution in [1.82, 2.24) is 9.97 Å². The van der Waals surface area contributed by atoms with E-state index in [1.54, 1.807) is 25.3 Å². The second kappa shape index (κ2) is 6.53. The smallest absolute Gasteiger partial charge is 0.129 e. The summed E-state index contributed by atoms with van der Waals surface area (Å²) in [5.41, 5.74) is 2.09. The zero-order chi connectivity index (χ0) is 14.4. The van der Waals surface area contributed by atoms with Crippen LogP contribution < -0.4 is 10.1 Å². The monoisotopic (exact) mass is 268 g/mol. The highest BCUT2D eigenvalue weighted by molar-refractivity contribution is 5.70. The van der Waals surface area contributed by atoms with Gasteiger partial charge in [-0.2, -0.15) is 5.26 Å². The second-order valence-electron chi connectivity index (χ2n) is 4.24. The molecule has 0 aliphatic carbocycles. The lowest BCUT2D eigenvalue weighted by Gasteiger charge is -2.09. The first-order valence-electron chi connectivity index (χ1n) is 6.43. The maximum Gasteiger partial charge on any atom is 0.129 e. The summed E-state index contributed by atoms with van der Waals surface area (Å²) in [6, 6.07) is 9.24. The Balaban J connectivity index is 2.42. The molecule has 0 atom stereocenters. The van der Waals surface area contributed by atoms with E-state index in [1.807, 2.05) is 6.07 Å². The van der Waals surface area contributed by atoms with Gasteiger partial charge in [0.25, 0.3) is 0 Å². The molecule has 0 aliphatic heterocycles. The molecule has 0 fully saturated rings. The predicted octanol–water partition coefficient (Wildman–Crippen LogP) is 2.85. The predicted molar refractivity (Wildman–Crippen MR) is 77.5 cm³/mol. The molecule has 1 aromatic carbocycles. The Hall–Kier alpha value is -2.61. The first-order chi connectivity index (χ1) is 9.78. The fourth-order valence-corrected chi connectivity index (χ4v) is 1.83. The van der Waals surface area contributed by atoms with Crippen molar-refractivity contribution in [3.8, 4) is 23.1 Å². The number of hydrogen-bond acceptors (Lipinski definition) is 5. The van der Waals surface area contributed by atoms with Gasteiger partial charge >= 0.3 is 0 Å². The lowest BCUT2D eigenvalue weighted by Crippen LogP contribution is -2.02. The summed E-state index contributed by atoms with van der Waals surface area (Å²) in [7, 11) is 1.60. The Morgan fingerprint density at radius 2 is 2.15 bits per heavy atom. The van der Waals surface area contributed by atoms with Crippen molar-refractivity contribution in [2.24, 2.45) is 0 Å². The zero-order valence-corrected chi connectivity index (χ0v) is 11.6. The summed E-state index contributed by atoms with van der Waals surface area (Å²) < 4.78 is 5.33. The fraction of sp³-hybridized carbons (Fsp3) is 0.267. The molecular formula is C15H16N4O. The van der Waals surface area contributed by atoms with Crippen LogP contribution in [0.5, 0.6) is 5.75 Å². The van der Waals surface area contributed by atoms with Gasteiger partial charge in [0.05, 0.1) is 24.4 Å². The molecule has 1 N–H and O–H groups in total. The molecule has 0 amide bonds. The lowest BCUT2D eigenvalue weighted by atomic mass is 10.1. The van der Waals surface area contributed by atoms with Crippen molar-refractivity contribution in [2.75, 3.05) is 19.0 Å². The van der Waals surface area contributed by atoms with Crippen molar-refractivity contribution < 1.29 is 4.74 Å². The molecule has 0 spiro atoms. The molecule has 1 aromatic heterocycles. The third-order valence-corrected chi connectivity index (χ3v) is 2.83. The molecule has 1 heterocycles. The number of nitriles is 1. The minimum absolute atomic E-state index is 0.572. The van der Waals surface area contributed by atoms with Crippen molar-refractivity contribution >= 4 is 5.82 Å². The van der Waals surface area contributed by atoms with Crippen LogP contribution in [0.2, 0.25) is 0 Å². The van der Waals surface area contributed by atoms with Crippen molar-refractivity contribution in [1.29, 1.82) is 5.26 Å². The lowest BCUT2D eigenvalue weighted by molar-refractivity contribution is 0.416. The van der Waals surface area contributed by atoms with Crippen LogP contribution in [0.3, 0.4) is 0 Å². The van der Waals surface area contributed by atoms with E-state index in [9.17, 15) is 0 Å². The van der Waals surface area contributed by atoms with Crippen LogP contribution >= 0.6 is 0 Å². The Morgan fingerprint density at radius 1 is 1.30 bits per heavy atom. The summed E-state index contributed by atoms with van der Waals surface area (Å²) >= 11 is 0. The first kappa shape index (κ1) is 13.8. The highest BCUT2D eigenvalue weighted by Gasteiger charge is 2.09. The summed E-state index contributed by atoms with van der Waals surface area (Å²) in [5, 5.41) is 12.2. The molecule has 0 saturated heterocycles. The van der Waals surface area contributed by atoms with E-state index in [1.165, 1.54) is 6.33 Å². The number of nitrogens with one attached hydrogen (secondary N) is 1. The van der Waals surface area contributed by atoms with Crippen molar-refractivity contribution in [3.63, 3.8) is 0 Å². The van der Waals surface area contributed by atoms with Gasteiger partial charge in [0.1, 0.15) is 17.9 Å². The average Bonchev–Trinajstić information content (AvgIpc) is 2.52. The van der Waals surface area contributed by atoms with Crippen molar-refractivity contribution in [3.05, 3.63) is 36.2 Å². The molecule has 5 nitrogen and oxygen atoms in total. The van der Waals surface area contributed by atoms with E-state index in [-0.39, 0.29) is 0 Å². The summed E-state index contributed by atoms with van der Waals surface area (Å²) in [5.74, 6) is 1.45. The average molecular weight is 268 g/mol. The van der Waals surface area contributed by atoms with E-state index >= 15 is 0 Å². The van der Waals surface area contributed by atoms with Crippen LogP contribution in [0.4, 0.5) is 5.82 Å². The van der Waals surface area contributed by atoms with Gasteiger partial charge in [-0.25, -0.2) is 9.97 Å². The van der Waals surface area contributed by atoms with Gasteiger partial charge in [-0.15, -0.1) is 0 Å². The van der Waals surface area contributed by atoms with E-state index in [4.69, 9.17) is 10.00 Å². The van der Waals surface area contributed by atoms with E-state index < -0.39 is 0 Å². The number of nitrogens with zero attached hydrogens (tertiary/aromatic N) is 3. The topological polar surface area (TPSA) is 70.8 Å². The second-order valence-corrected chi connectivity index (χ2v) is 4.24. The third kappa shape index (κ3) is 3.04. The van der Waals surface area contributed by atoms with Gasteiger partial charge in [0.2, 0.25) is 0 Å². The van der Waals surface area contributed by atoms with Crippen LogP contribution in [0, 0.1) is 11.3 Å². The molecular weight excluding hydrogens is 252 g/mol. The number of methoxy groups -OCH3 is 1. The largest absolute Gasteiger partial charge is 0.496 e. The van der Waals surface area contributed by atoms with E-state index in [0.717, 1.165) is 30.0 Å². The molecule has 0 saturated carbocycles. The van der Waals surface area contributed by atoms with Crippen molar-refractivity contribution in [2.45, 2.75) is 13.3 Å². The van der Waals surface area contributed by atoms with Crippen LogP contribution in [0.15, 0.2) is 30.6 Å².